The number of nitro groups is 1. The second kappa shape index (κ2) is 6.22. The SMILES string of the molecule is COC(C)(C)CC(C)Nc1cc(C)c([N+](=O)[O-])cc1C. The molecule has 0 saturated heterocycles. The highest BCUT2D eigenvalue weighted by Crippen LogP contribution is 2.27. The van der Waals surface area contributed by atoms with Gasteiger partial charge >= 0.3 is 0 Å². The Balaban J connectivity index is 2.88. The summed E-state index contributed by atoms with van der Waals surface area (Å²) in [6.45, 7) is 9.80. The molecule has 0 heterocycles. The van der Waals surface area contributed by atoms with Crippen LogP contribution in [0.4, 0.5) is 11.4 Å². The van der Waals surface area contributed by atoms with Crippen molar-refractivity contribution in [3.63, 3.8) is 0 Å². The first-order chi connectivity index (χ1) is 9.16. The Labute approximate surface area is 120 Å². The number of rotatable bonds is 6. The Bertz CT molecular complexity index is 498. The lowest BCUT2D eigenvalue weighted by atomic mass is 9.99. The number of nitrogens with one attached hydrogen (secondary N) is 1. The number of nitrogens with zero attached hydrogens (tertiary/aromatic N) is 1. The summed E-state index contributed by atoms with van der Waals surface area (Å²) in [5.41, 5.74) is 2.45. The summed E-state index contributed by atoms with van der Waals surface area (Å²) >= 11 is 0. The van der Waals surface area contributed by atoms with Gasteiger partial charge in [-0.25, -0.2) is 0 Å². The van der Waals surface area contributed by atoms with Crippen molar-refractivity contribution >= 4 is 11.4 Å². The first kappa shape index (κ1) is 16.4. The lowest BCUT2D eigenvalue weighted by Crippen LogP contribution is -2.31. The van der Waals surface area contributed by atoms with Gasteiger partial charge < -0.3 is 10.1 Å². The third kappa shape index (κ3) is 4.20. The van der Waals surface area contributed by atoms with Crippen molar-refractivity contribution in [2.45, 2.75) is 52.7 Å². The van der Waals surface area contributed by atoms with E-state index in [2.05, 4.69) is 12.2 Å². The fourth-order valence-corrected chi connectivity index (χ4v) is 2.29. The summed E-state index contributed by atoms with van der Waals surface area (Å²) < 4.78 is 5.42. The molecule has 20 heavy (non-hydrogen) atoms. The number of hydrogen-bond acceptors (Lipinski definition) is 4. The van der Waals surface area contributed by atoms with E-state index in [1.807, 2.05) is 26.8 Å². The minimum Gasteiger partial charge on any atom is -0.382 e. The van der Waals surface area contributed by atoms with Gasteiger partial charge in [-0.1, -0.05) is 0 Å². The Morgan fingerprint density at radius 1 is 1.35 bits per heavy atom. The van der Waals surface area contributed by atoms with Gasteiger partial charge in [0.25, 0.3) is 5.69 Å². The van der Waals surface area contributed by atoms with Crippen LogP contribution in [0.15, 0.2) is 12.1 Å². The normalized spacial score (nSPS) is 13.1. The molecule has 0 aliphatic rings. The lowest BCUT2D eigenvalue weighted by Gasteiger charge is -2.28. The van der Waals surface area contributed by atoms with Crippen LogP contribution in [0.1, 0.15) is 38.3 Å². The summed E-state index contributed by atoms with van der Waals surface area (Å²) in [6.07, 6.45) is 0.846. The van der Waals surface area contributed by atoms with Gasteiger partial charge in [0, 0.05) is 30.5 Å². The Kier molecular flexibility index (Phi) is 5.11. The third-order valence-electron chi connectivity index (χ3n) is 3.49. The minimum absolute atomic E-state index is 0.165. The summed E-state index contributed by atoms with van der Waals surface area (Å²) in [5.74, 6) is 0. The molecule has 1 aromatic rings. The molecule has 0 aliphatic carbocycles. The van der Waals surface area contributed by atoms with Gasteiger partial charge in [0.1, 0.15) is 0 Å². The van der Waals surface area contributed by atoms with E-state index in [1.54, 1.807) is 20.1 Å². The zero-order valence-electron chi connectivity index (χ0n) is 13.1. The molecule has 0 amide bonds. The van der Waals surface area contributed by atoms with E-state index in [0.29, 0.717) is 5.56 Å². The lowest BCUT2D eigenvalue weighted by molar-refractivity contribution is -0.385. The van der Waals surface area contributed by atoms with E-state index in [-0.39, 0.29) is 22.3 Å². The Morgan fingerprint density at radius 2 is 1.95 bits per heavy atom. The molecule has 1 N–H and O–H groups in total. The smallest absolute Gasteiger partial charge is 0.272 e. The van der Waals surface area contributed by atoms with Gasteiger partial charge in [-0.3, -0.25) is 10.1 Å². The highest BCUT2D eigenvalue weighted by Gasteiger charge is 2.21. The molecule has 5 heteroatoms. The molecule has 0 spiro atoms. The molecule has 1 rings (SSSR count). The van der Waals surface area contributed by atoms with Gasteiger partial charge in [0.2, 0.25) is 0 Å². The van der Waals surface area contributed by atoms with Crippen molar-refractivity contribution in [3.8, 4) is 0 Å². The van der Waals surface area contributed by atoms with Crippen LogP contribution in [0, 0.1) is 24.0 Å². The van der Waals surface area contributed by atoms with Crippen LogP contribution < -0.4 is 5.32 Å². The van der Waals surface area contributed by atoms with Crippen LogP contribution in [0.3, 0.4) is 0 Å². The predicted molar refractivity (Wildman–Crippen MR) is 81.4 cm³/mol. The van der Waals surface area contributed by atoms with Crippen molar-refractivity contribution in [2.75, 3.05) is 12.4 Å². The molecule has 112 valence electrons. The Morgan fingerprint density at radius 3 is 2.45 bits per heavy atom. The molecular formula is C15H24N2O3. The van der Waals surface area contributed by atoms with Crippen molar-refractivity contribution in [1.29, 1.82) is 0 Å². The number of benzene rings is 1. The van der Waals surface area contributed by atoms with Crippen molar-refractivity contribution in [1.82, 2.24) is 0 Å². The highest BCUT2D eigenvalue weighted by atomic mass is 16.6. The van der Waals surface area contributed by atoms with Crippen molar-refractivity contribution < 1.29 is 9.66 Å². The molecule has 1 atom stereocenters. The molecule has 1 unspecified atom stereocenters. The average Bonchev–Trinajstić information content (AvgIpc) is 2.32. The van der Waals surface area contributed by atoms with Crippen LogP contribution in [0.2, 0.25) is 0 Å². The monoisotopic (exact) mass is 280 g/mol. The second-order valence-corrected chi connectivity index (χ2v) is 5.92. The van der Waals surface area contributed by atoms with Crippen LogP contribution >= 0.6 is 0 Å². The first-order valence-electron chi connectivity index (χ1n) is 6.73. The van der Waals surface area contributed by atoms with Gasteiger partial charge in [-0.15, -0.1) is 0 Å². The number of anilines is 1. The summed E-state index contributed by atoms with van der Waals surface area (Å²) in [7, 11) is 1.70. The number of aryl methyl sites for hydroxylation is 2. The van der Waals surface area contributed by atoms with E-state index in [9.17, 15) is 10.1 Å². The fourth-order valence-electron chi connectivity index (χ4n) is 2.29. The van der Waals surface area contributed by atoms with E-state index >= 15 is 0 Å². The number of ether oxygens (including phenoxy) is 1. The Hall–Kier alpha value is -1.62. The number of nitro benzene ring substituents is 1. The quantitative estimate of drug-likeness (QED) is 0.635. The van der Waals surface area contributed by atoms with E-state index in [1.165, 1.54) is 0 Å². The molecule has 0 bridgehead atoms. The van der Waals surface area contributed by atoms with E-state index in [0.717, 1.165) is 17.7 Å². The topological polar surface area (TPSA) is 64.4 Å². The van der Waals surface area contributed by atoms with E-state index < -0.39 is 0 Å². The van der Waals surface area contributed by atoms with Crippen LogP contribution in [-0.4, -0.2) is 23.7 Å². The first-order valence-corrected chi connectivity index (χ1v) is 6.73. The van der Waals surface area contributed by atoms with Gasteiger partial charge in [0.05, 0.1) is 10.5 Å². The molecule has 5 nitrogen and oxygen atoms in total. The van der Waals surface area contributed by atoms with Gasteiger partial charge in [0.15, 0.2) is 0 Å². The van der Waals surface area contributed by atoms with Crippen molar-refractivity contribution in [2.24, 2.45) is 0 Å². The predicted octanol–water partition coefficient (Wildman–Crippen LogP) is 3.83. The van der Waals surface area contributed by atoms with Crippen molar-refractivity contribution in [3.05, 3.63) is 33.4 Å². The summed E-state index contributed by atoms with van der Waals surface area (Å²) in [5, 5.41) is 14.3. The number of methoxy groups -OCH3 is 1. The molecule has 0 aromatic heterocycles. The van der Waals surface area contributed by atoms with Crippen LogP contribution in [0.5, 0.6) is 0 Å². The summed E-state index contributed by atoms with van der Waals surface area (Å²) in [4.78, 5) is 10.6. The minimum atomic E-state index is -0.344. The molecule has 1 aromatic carbocycles. The number of hydrogen-bond donors (Lipinski definition) is 1. The highest BCUT2D eigenvalue weighted by molar-refractivity contribution is 5.59. The zero-order chi connectivity index (χ0) is 15.5. The zero-order valence-corrected chi connectivity index (χ0v) is 13.1. The second-order valence-electron chi connectivity index (χ2n) is 5.92. The maximum atomic E-state index is 10.9. The van der Waals surface area contributed by atoms with Crippen LogP contribution in [-0.2, 0) is 4.74 Å². The van der Waals surface area contributed by atoms with Gasteiger partial charge in [-0.05, 0) is 52.7 Å². The third-order valence-corrected chi connectivity index (χ3v) is 3.49. The molecule has 0 radical (unpaired) electrons. The maximum Gasteiger partial charge on any atom is 0.272 e. The van der Waals surface area contributed by atoms with E-state index in [4.69, 9.17) is 4.74 Å². The van der Waals surface area contributed by atoms with Crippen LogP contribution in [0.25, 0.3) is 0 Å². The maximum absolute atomic E-state index is 10.9. The molecule has 0 saturated carbocycles. The average molecular weight is 280 g/mol. The molecular weight excluding hydrogens is 256 g/mol. The van der Waals surface area contributed by atoms with Gasteiger partial charge in [-0.2, -0.15) is 0 Å². The summed E-state index contributed by atoms with van der Waals surface area (Å²) in [6, 6.07) is 3.67. The molecule has 0 fully saturated rings. The largest absolute Gasteiger partial charge is 0.382 e. The fraction of sp³-hybridized carbons (Fsp3) is 0.600. The standard InChI is InChI=1S/C15H24N2O3/c1-10-8-14(17(18)19)11(2)7-13(10)16-12(3)9-15(4,5)20-6/h7-8,12,16H,9H2,1-6H3. The molecule has 0 aliphatic heterocycles.